The minimum Gasteiger partial charge on any atom is -0.476 e. The van der Waals surface area contributed by atoms with E-state index in [1.54, 1.807) is 12.1 Å². The smallest absolute Gasteiger partial charge is 0.356 e. The van der Waals surface area contributed by atoms with Gasteiger partial charge < -0.3 is 19.9 Å². The largest absolute Gasteiger partial charge is 0.476 e. The molecular weight excluding hydrogens is 567 g/mol. The summed E-state index contributed by atoms with van der Waals surface area (Å²) in [5, 5.41) is 16.6. The van der Waals surface area contributed by atoms with Crippen molar-refractivity contribution >= 4 is 27.6 Å². The molecule has 42 heavy (non-hydrogen) atoms. The second-order valence-corrected chi connectivity index (χ2v) is 11.4. The lowest BCUT2D eigenvalue weighted by Gasteiger charge is -2.27. The number of benzene rings is 3. The lowest BCUT2D eigenvalue weighted by Crippen LogP contribution is -2.40. The first-order valence-electron chi connectivity index (χ1n) is 12.9. The third-order valence-electron chi connectivity index (χ3n) is 6.70. The van der Waals surface area contributed by atoms with Crippen molar-refractivity contribution in [1.29, 1.82) is 0 Å². The normalized spacial score (nSPS) is 14.0. The maximum atomic E-state index is 13.9. The van der Waals surface area contributed by atoms with Gasteiger partial charge in [-0.15, -0.1) is 0 Å². The third-order valence-corrected chi connectivity index (χ3v) is 8.62. The average molecular weight is 595 g/mol. The molecule has 0 saturated carbocycles. The van der Waals surface area contributed by atoms with E-state index in [1.807, 2.05) is 19.1 Å². The van der Waals surface area contributed by atoms with Crippen LogP contribution in [-0.4, -0.2) is 65.8 Å². The lowest BCUT2D eigenvalue weighted by molar-refractivity contribution is 0.0689. The summed E-state index contributed by atoms with van der Waals surface area (Å²) in [6, 6.07) is 16.3. The molecule has 1 fully saturated rings. The molecule has 0 atom stereocenters. The molecule has 1 amide bonds. The Labute approximate surface area is 241 Å². The number of carbonyl (C=O) groups is 2. The summed E-state index contributed by atoms with van der Waals surface area (Å²) in [4.78, 5) is 24.5. The zero-order valence-corrected chi connectivity index (χ0v) is 23.5. The number of anilines is 1. The van der Waals surface area contributed by atoms with E-state index in [1.165, 1.54) is 52.3 Å². The molecule has 1 aliphatic rings. The highest BCUT2D eigenvalue weighted by molar-refractivity contribution is 7.89. The number of hydrogen-bond donors (Lipinski definition) is 2. The number of aryl methyl sites for hydroxylation is 1. The van der Waals surface area contributed by atoms with Crippen LogP contribution in [0.4, 0.5) is 10.1 Å². The van der Waals surface area contributed by atoms with Gasteiger partial charge in [-0.1, -0.05) is 24.3 Å². The number of rotatable bonds is 8. The van der Waals surface area contributed by atoms with E-state index in [0.717, 1.165) is 11.6 Å². The van der Waals surface area contributed by atoms with Crippen LogP contribution >= 0.6 is 0 Å². The Kier molecular flexibility index (Phi) is 8.07. The van der Waals surface area contributed by atoms with Gasteiger partial charge >= 0.3 is 5.97 Å². The van der Waals surface area contributed by atoms with Crippen molar-refractivity contribution in [1.82, 2.24) is 14.1 Å². The van der Waals surface area contributed by atoms with Gasteiger partial charge in [0, 0.05) is 29.9 Å². The highest BCUT2D eigenvalue weighted by Gasteiger charge is 2.32. The van der Waals surface area contributed by atoms with Gasteiger partial charge in [0.1, 0.15) is 16.5 Å². The molecule has 2 N–H and O–H groups in total. The summed E-state index contributed by atoms with van der Waals surface area (Å²) >= 11 is 0. The fourth-order valence-electron chi connectivity index (χ4n) is 4.50. The fraction of sp³-hybridized carbons (Fsp3) is 0.207. The molecule has 0 unspecified atom stereocenters. The molecule has 3 aromatic carbocycles. The number of nitrogens with zero attached hydrogens (tertiary/aromatic N) is 3. The molecule has 0 spiro atoms. The van der Waals surface area contributed by atoms with Crippen LogP contribution in [0.2, 0.25) is 0 Å². The number of carbonyl (C=O) groups excluding carboxylic acids is 1. The number of halogens is 1. The van der Waals surface area contributed by atoms with E-state index in [-0.39, 0.29) is 65.3 Å². The van der Waals surface area contributed by atoms with Crippen molar-refractivity contribution in [3.63, 3.8) is 0 Å². The lowest BCUT2D eigenvalue weighted by atomic mass is 10.2. The number of aromatic carboxylic acids is 1. The number of carboxylic acids is 1. The predicted molar refractivity (Wildman–Crippen MR) is 150 cm³/mol. The summed E-state index contributed by atoms with van der Waals surface area (Å²) in [7, 11) is -4.18. The monoisotopic (exact) mass is 594 g/mol. The first kappa shape index (κ1) is 28.9. The fourth-order valence-corrected chi connectivity index (χ4v) is 6.05. The van der Waals surface area contributed by atoms with Crippen molar-refractivity contribution in [2.24, 2.45) is 0 Å². The molecule has 11 nitrogen and oxygen atoms in total. The predicted octanol–water partition coefficient (Wildman–Crippen LogP) is 4.39. The minimum atomic E-state index is -4.18. The zero-order chi connectivity index (χ0) is 30.0. The Balaban J connectivity index is 1.61. The van der Waals surface area contributed by atoms with E-state index in [9.17, 15) is 27.5 Å². The number of hydrogen-bond acceptors (Lipinski definition) is 7. The molecule has 0 bridgehead atoms. The first-order valence-corrected chi connectivity index (χ1v) is 14.4. The maximum Gasteiger partial charge on any atom is 0.356 e. The molecule has 218 valence electrons. The summed E-state index contributed by atoms with van der Waals surface area (Å²) < 4.78 is 55.5. The van der Waals surface area contributed by atoms with Crippen molar-refractivity contribution in [3.05, 3.63) is 94.9 Å². The number of nitrogens with one attached hydrogen (secondary N) is 1. The van der Waals surface area contributed by atoms with Crippen LogP contribution in [0.1, 0.15) is 32.0 Å². The van der Waals surface area contributed by atoms with Crippen LogP contribution in [0, 0.1) is 19.7 Å². The maximum absolute atomic E-state index is 13.9. The molecular formula is C29H27FN4O7S. The molecule has 2 heterocycles. The topological polar surface area (TPSA) is 140 Å². The number of carboxylic acid groups (broad SMARTS) is 1. The zero-order valence-electron chi connectivity index (χ0n) is 22.7. The first-order chi connectivity index (χ1) is 20.1. The Bertz CT molecular complexity index is 1780. The Morgan fingerprint density at radius 3 is 2.45 bits per heavy atom. The standard InChI is InChI=1S/C29H27FN4O7S/c1-18-6-3-4-9-23(18)34-28(19(2)26(32-34)29(36)37)41-24-11-10-22(31-27(35)20-7-5-8-21(30)16-20)17-25(24)42(38,39)33-12-14-40-15-13-33/h3-11,16-17H,12-15H2,1-2H3,(H,31,35)(H,36,37). The Morgan fingerprint density at radius 1 is 1.02 bits per heavy atom. The van der Waals surface area contributed by atoms with Crippen molar-refractivity contribution < 1.29 is 37.0 Å². The molecule has 13 heteroatoms. The van der Waals surface area contributed by atoms with Crippen LogP contribution in [0.5, 0.6) is 11.6 Å². The van der Waals surface area contributed by atoms with Gasteiger partial charge in [-0.05, 0) is 61.9 Å². The summed E-state index contributed by atoms with van der Waals surface area (Å²) in [5.74, 6) is -2.61. The van der Waals surface area contributed by atoms with Gasteiger partial charge in [-0.25, -0.2) is 17.6 Å². The van der Waals surface area contributed by atoms with Gasteiger partial charge in [0.2, 0.25) is 15.9 Å². The number of sulfonamides is 1. The van der Waals surface area contributed by atoms with Gasteiger partial charge in [-0.3, -0.25) is 4.79 Å². The Morgan fingerprint density at radius 2 is 1.76 bits per heavy atom. The SMILES string of the molecule is Cc1ccccc1-n1nc(C(=O)O)c(C)c1Oc1ccc(NC(=O)c2cccc(F)c2)cc1S(=O)(=O)N1CCOCC1. The van der Waals surface area contributed by atoms with Crippen LogP contribution in [0.25, 0.3) is 5.69 Å². The van der Waals surface area contributed by atoms with E-state index in [2.05, 4.69) is 10.4 Å². The third kappa shape index (κ3) is 5.75. The second-order valence-electron chi connectivity index (χ2n) is 9.53. The van der Waals surface area contributed by atoms with Gasteiger partial charge in [0.25, 0.3) is 5.91 Å². The van der Waals surface area contributed by atoms with Crippen LogP contribution in [0.15, 0.2) is 71.6 Å². The number of amides is 1. The molecule has 1 saturated heterocycles. The quantitative estimate of drug-likeness (QED) is 0.306. The molecule has 5 rings (SSSR count). The summed E-state index contributed by atoms with van der Waals surface area (Å²) in [6.07, 6.45) is 0. The molecule has 4 aromatic rings. The summed E-state index contributed by atoms with van der Waals surface area (Å²) in [5.41, 5.74) is 1.41. The molecule has 1 aromatic heterocycles. The highest BCUT2D eigenvalue weighted by Crippen LogP contribution is 2.37. The van der Waals surface area contributed by atoms with Gasteiger partial charge in [-0.2, -0.15) is 14.1 Å². The number of ether oxygens (including phenoxy) is 2. The molecule has 1 aliphatic heterocycles. The molecule has 0 aliphatic carbocycles. The number of para-hydroxylation sites is 1. The second kappa shape index (κ2) is 11.7. The van der Waals surface area contributed by atoms with Gasteiger partial charge in [0.15, 0.2) is 5.69 Å². The van der Waals surface area contributed by atoms with Gasteiger partial charge in [0.05, 0.1) is 18.9 Å². The van der Waals surface area contributed by atoms with Crippen LogP contribution in [0.3, 0.4) is 0 Å². The van der Waals surface area contributed by atoms with E-state index in [0.29, 0.717) is 5.69 Å². The van der Waals surface area contributed by atoms with E-state index >= 15 is 0 Å². The summed E-state index contributed by atoms with van der Waals surface area (Å²) in [6.45, 7) is 3.94. The van der Waals surface area contributed by atoms with Crippen LogP contribution in [-0.2, 0) is 14.8 Å². The van der Waals surface area contributed by atoms with E-state index < -0.39 is 27.7 Å². The highest BCUT2D eigenvalue weighted by atomic mass is 32.2. The van der Waals surface area contributed by atoms with Crippen LogP contribution < -0.4 is 10.1 Å². The van der Waals surface area contributed by atoms with Crippen molar-refractivity contribution in [3.8, 4) is 17.3 Å². The van der Waals surface area contributed by atoms with E-state index in [4.69, 9.17) is 9.47 Å². The van der Waals surface area contributed by atoms with Crippen molar-refractivity contribution in [2.75, 3.05) is 31.6 Å². The van der Waals surface area contributed by atoms with Crippen molar-refractivity contribution in [2.45, 2.75) is 18.7 Å². The Hall–Kier alpha value is -4.59. The number of morpholine rings is 1. The molecule has 0 radical (unpaired) electrons. The number of aromatic nitrogens is 2. The minimum absolute atomic E-state index is 0.0108. The average Bonchev–Trinajstić information content (AvgIpc) is 3.30.